The van der Waals surface area contributed by atoms with Gasteiger partial charge in [0.15, 0.2) is 17.0 Å². The Labute approximate surface area is 175 Å². The molecule has 0 amide bonds. The minimum absolute atomic E-state index is 0.153. The van der Waals surface area contributed by atoms with E-state index in [1.165, 1.54) is 0 Å². The number of halogens is 1. The first-order valence-corrected chi connectivity index (χ1v) is 10.5. The van der Waals surface area contributed by atoms with Crippen molar-refractivity contribution < 1.29 is 4.74 Å². The minimum Gasteiger partial charge on any atom is -0.380 e. The van der Waals surface area contributed by atoms with Crippen LogP contribution >= 0.6 is 11.6 Å². The number of anilines is 1. The number of benzene rings is 1. The van der Waals surface area contributed by atoms with Crippen molar-refractivity contribution in [1.82, 2.24) is 19.5 Å². The molecular weight excluding hydrogens is 386 g/mol. The molecule has 2 aliphatic heterocycles. The molecule has 2 saturated heterocycles. The monoisotopic (exact) mass is 411 g/mol. The molecule has 4 heterocycles. The number of hydrogen-bond donors (Lipinski definition) is 0. The smallest absolute Gasteiger partial charge is 0.166 e. The highest BCUT2D eigenvalue weighted by molar-refractivity contribution is 6.31. The van der Waals surface area contributed by atoms with Crippen LogP contribution in [-0.2, 0) is 16.7 Å². The Hall–Kier alpha value is -2.18. The predicted molar refractivity (Wildman–Crippen MR) is 115 cm³/mol. The molecule has 3 aromatic rings. The van der Waals surface area contributed by atoms with Gasteiger partial charge in [-0.2, -0.15) is 0 Å². The predicted octanol–water partition coefficient (Wildman–Crippen LogP) is 4.05. The van der Waals surface area contributed by atoms with Gasteiger partial charge in [-0.1, -0.05) is 50.6 Å². The van der Waals surface area contributed by atoms with Crippen molar-refractivity contribution in [2.24, 2.45) is 5.41 Å². The number of ether oxygens (including phenoxy) is 1. The fraction of sp³-hybridized carbons (Fsp3) is 0.500. The van der Waals surface area contributed by atoms with Crippen LogP contribution in [0.1, 0.15) is 38.6 Å². The lowest BCUT2D eigenvalue weighted by atomic mass is 9.85. The largest absolute Gasteiger partial charge is 0.380 e. The Kier molecular flexibility index (Phi) is 4.33. The summed E-state index contributed by atoms with van der Waals surface area (Å²) in [6.45, 7) is 10.7. The van der Waals surface area contributed by atoms with Crippen LogP contribution in [0, 0.1) is 5.41 Å². The Bertz CT molecular complexity index is 1070. The van der Waals surface area contributed by atoms with Crippen molar-refractivity contribution >= 4 is 28.6 Å². The second-order valence-electron chi connectivity index (χ2n) is 9.42. The molecule has 0 bridgehead atoms. The first-order chi connectivity index (χ1) is 13.8. The van der Waals surface area contributed by atoms with Gasteiger partial charge in [0.05, 0.1) is 26.1 Å². The zero-order valence-corrected chi connectivity index (χ0v) is 17.9. The Morgan fingerprint density at radius 2 is 1.97 bits per heavy atom. The molecule has 2 aliphatic rings. The van der Waals surface area contributed by atoms with Crippen LogP contribution < -0.4 is 4.90 Å². The molecule has 5 rings (SSSR count). The van der Waals surface area contributed by atoms with E-state index in [4.69, 9.17) is 31.3 Å². The fourth-order valence-electron chi connectivity index (χ4n) is 4.15. The van der Waals surface area contributed by atoms with Crippen LogP contribution in [0.5, 0.6) is 0 Å². The number of nitrogens with zero attached hydrogens (tertiary/aromatic N) is 5. The van der Waals surface area contributed by atoms with Gasteiger partial charge in [-0.25, -0.2) is 15.0 Å². The molecule has 0 N–H and O–H groups in total. The van der Waals surface area contributed by atoms with E-state index in [0.29, 0.717) is 12.0 Å². The van der Waals surface area contributed by atoms with Gasteiger partial charge in [0.1, 0.15) is 5.82 Å². The van der Waals surface area contributed by atoms with Crippen LogP contribution in [0.15, 0.2) is 30.6 Å². The quantitative estimate of drug-likeness (QED) is 0.650. The van der Waals surface area contributed by atoms with Gasteiger partial charge in [-0.3, -0.25) is 0 Å². The number of imidazole rings is 1. The minimum atomic E-state index is -0.153. The lowest BCUT2D eigenvalue weighted by molar-refractivity contribution is -0.0985. The molecule has 1 aromatic carbocycles. The number of fused-ring (bicyclic) bond motifs is 1. The van der Waals surface area contributed by atoms with Crippen LogP contribution in [0.3, 0.4) is 0 Å². The van der Waals surface area contributed by atoms with Gasteiger partial charge in [0.2, 0.25) is 0 Å². The van der Waals surface area contributed by atoms with E-state index in [1.807, 2.05) is 30.6 Å². The van der Waals surface area contributed by atoms with Crippen LogP contribution in [0.25, 0.3) is 11.2 Å². The van der Waals surface area contributed by atoms with Crippen molar-refractivity contribution in [3.8, 4) is 0 Å². The van der Waals surface area contributed by atoms with E-state index in [-0.39, 0.29) is 5.41 Å². The summed E-state index contributed by atoms with van der Waals surface area (Å²) in [7, 11) is 0. The second-order valence-corrected chi connectivity index (χ2v) is 9.83. The van der Waals surface area contributed by atoms with Crippen LogP contribution in [-0.4, -0.2) is 45.8 Å². The first-order valence-electron chi connectivity index (χ1n) is 10.1. The molecule has 152 valence electrons. The summed E-state index contributed by atoms with van der Waals surface area (Å²) >= 11 is 6.40. The topological polar surface area (TPSA) is 56.1 Å². The van der Waals surface area contributed by atoms with Gasteiger partial charge in [-0.05, 0) is 18.1 Å². The Morgan fingerprint density at radius 1 is 1.17 bits per heavy atom. The lowest BCUT2D eigenvalue weighted by Crippen LogP contribution is -2.44. The molecule has 6 nitrogen and oxygen atoms in total. The van der Waals surface area contributed by atoms with Gasteiger partial charge in [0.25, 0.3) is 0 Å². The molecule has 0 saturated carbocycles. The summed E-state index contributed by atoms with van der Waals surface area (Å²) in [5.74, 6) is 1.79. The highest BCUT2D eigenvalue weighted by Crippen LogP contribution is 2.40. The molecule has 2 fully saturated rings. The maximum Gasteiger partial charge on any atom is 0.166 e. The van der Waals surface area contributed by atoms with Gasteiger partial charge in [0, 0.05) is 28.9 Å². The first kappa shape index (κ1) is 18.8. The Morgan fingerprint density at radius 3 is 2.62 bits per heavy atom. The third-order valence-corrected chi connectivity index (χ3v) is 6.34. The van der Waals surface area contributed by atoms with E-state index in [0.717, 1.165) is 66.1 Å². The van der Waals surface area contributed by atoms with Crippen molar-refractivity contribution in [3.63, 3.8) is 0 Å². The van der Waals surface area contributed by atoms with Crippen LogP contribution in [0.2, 0.25) is 5.02 Å². The molecule has 0 atom stereocenters. The highest BCUT2D eigenvalue weighted by Gasteiger charge is 2.45. The summed E-state index contributed by atoms with van der Waals surface area (Å²) in [5.41, 5.74) is 2.92. The number of rotatable bonds is 3. The van der Waals surface area contributed by atoms with E-state index < -0.39 is 0 Å². The molecule has 0 aliphatic carbocycles. The average molecular weight is 412 g/mol. The van der Waals surface area contributed by atoms with Gasteiger partial charge in [-0.15, -0.1) is 0 Å². The van der Waals surface area contributed by atoms with Crippen molar-refractivity contribution in [2.45, 2.75) is 39.2 Å². The number of aromatic nitrogens is 4. The highest BCUT2D eigenvalue weighted by atomic mass is 35.5. The molecule has 0 unspecified atom stereocenters. The van der Waals surface area contributed by atoms with E-state index in [1.54, 1.807) is 0 Å². The molecular formula is C22H26ClN5O. The average Bonchev–Trinajstić information content (AvgIpc) is 3.27. The standard InChI is InChI=1S/C22H26ClN5O/c1-21(2,3)20-25-18(27-9-8-22(11-27)12-29-13-22)17-19(26-20)28(14-24-17)10-15-6-4-5-7-16(15)23/h4-7,14H,8-13H2,1-3H3. The van der Waals surface area contributed by atoms with Gasteiger partial charge >= 0.3 is 0 Å². The van der Waals surface area contributed by atoms with E-state index in [2.05, 4.69) is 30.2 Å². The summed E-state index contributed by atoms with van der Waals surface area (Å²) in [6, 6.07) is 7.91. The molecule has 7 heteroatoms. The molecule has 1 spiro atoms. The number of hydrogen-bond acceptors (Lipinski definition) is 5. The van der Waals surface area contributed by atoms with Crippen molar-refractivity contribution in [3.05, 3.63) is 47.0 Å². The van der Waals surface area contributed by atoms with E-state index >= 15 is 0 Å². The second kappa shape index (κ2) is 6.67. The molecule has 2 aromatic heterocycles. The third-order valence-electron chi connectivity index (χ3n) is 5.97. The summed E-state index contributed by atoms with van der Waals surface area (Å²) < 4.78 is 7.58. The van der Waals surface area contributed by atoms with Crippen molar-refractivity contribution in [2.75, 3.05) is 31.2 Å². The summed E-state index contributed by atoms with van der Waals surface area (Å²) in [6.07, 6.45) is 3.00. The lowest BCUT2D eigenvalue weighted by Gasteiger charge is -2.37. The molecule has 0 radical (unpaired) electrons. The molecule has 29 heavy (non-hydrogen) atoms. The fourth-order valence-corrected chi connectivity index (χ4v) is 4.35. The van der Waals surface area contributed by atoms with E-state index in [9.17, 15) is 0 Å². The zero-order valence-electron chi connectivity index (χ0n) is 17.2. The maximum atomic E-state index is 6.40. The summed E-state index contributed by atoms with van der Waals surface area (Å²) in [5, 5.41) is 0.756. The Balaban J connectivity index is 1.59. The maximum absolute atomic E-state index is 6.40. The van der Waals surface area contributed by atoms with Crippen molar-refractivity contribution in [1.29, 1.82) is 0 Å². The normalized spacial score (nSPS) is 18.6. The van der Waals surface area contributed by atoms with Gasteiger partial charge < -0.3 is 14.2 Å². The summed E-state index contributed by atoms with van der Waals surface area (Å²) in [4.78, 5) is 17.0. The third kappa shape index (κ3) is 3.28. The van der Waals surface area contributed by atoms with Crippen LogP contribution in [0.4, 0.5) is 5.82 Å². The zero-order chi connectivity index (χ0) is 20.2. The SMILES string of the molecule is CC(C)(C)c1nc(N2CCC3(COC3)C2)c2ncn(Cc3ccccc3Cl)c2n1.